The number of anilines is 1. The second-order valence-electron chi connectivity index (χ2n) is 6.74. The van der Waals surface area contributed by atoms with Gasteiger partial charge in [-0.15, -0.1) is 5.10 Å². The van der Waals surface area contributed by atoms with Crippen LogP contribution in [-0.2, 0) is 9.84 Å². The van der Waals surface area contributed by atoms with Gasteiger partial charge in [-0.2, -0.15) is 0 Å². The van der Waals surface area contributed by atoms with Gasteiger partial charge in [0, 0.05) is 26.5 Å². The molecule has 1 atom stereocenters. The molecule has 1 fully saturated rings. The largest absolute Gasteiger partial charge is 0.362 e. The standard InChI is InChI=1S/C18H20N6O2S/c1-23(2)17-14(6-5-10-20-17)18-21-16(15-7-3-4-9-19-15)22-24(18)13-8-11-27(25,26)12-13/h3-7,9-10,13H,8,11-12H2,1-2H3. The van der Waals surface area contributed by atoms with Gasteiger partial charge in [-0.25, -0.2) is 23.1 Å². The van der Waals surface area contributed by atoms with Crippen LogP contribution in [0.1, 0.15) is 12.5 Å². The summed E-state index contributed by atoms with van der Waals surface area (Å²) in [7, 11) is 0.763. The van der Waals surface area contributed by atoms with E-state index in [9.17, 15) is 8.42 Å². The molecule has 4 rings (SSSR count). The minimum Gasteiger partial charge on any atom is -0.362 e. The Balaban J connectivity index is 1.89. The Morgan fingerprint density at radius 1 is 1.11 bits per heavy atom. The summed E-state index contributed by atoms with van der Waals surface area (Å²) in [6.45, 7) is 0. The lowest BCUT2D eigenvalue weighted by Gasteiger charge is -2.17. The van der Waals surface area contributed by atoms with Crippen molar-refractivity contribution >= 4 is 15.7 Å². The lowest BCUT2D eigenvalue weighted by Crippen LogP contribution is -2.16. The highest BCUT2D eigenvalue weighted by molar-refractivity contribution is 7.91. The summed E-state index contributed by atoms with van der Waals surface area (Å²) in [5, 5.41) is 4.64. The van der Waals surface area contributed by atoms with E-state index in [4.69, 9.17) is 4.98 Å². The van der Waals surface area contributed by atoms with Crippen molar-refractivity contribution in [2.75, 3.05) is 30.5 Å². The minimum absolute atomic E-state index is 0.0720. The van der Waals surface area contributed by atoms with Gasteiger partial charge < -0.3 is 4.90 Å². The maximum absolute atomic E-state index is 12.0. The number of hydrogen-bond acceptors (Lipinski definition) is 7. The molecule has 0 spiro atoms. The average molecular weight is 384 g/mol. The number of nitrogens with zero attached hydrogens (tertiary/aromatic N) is 6. The highest BCUT2D eigenvalue weighted by Crippen LogP contribution is 2.33. The topological polar surface area (TPSA) is 93.9 Å². The molecule has 0 saturated carbocycles. The molecule has 0 aromatic carbocycles. The predicted molar refractivity (Wildman–Crippen MR) is 103 cm³/mol. The third-order valence-electron chi connectivity index (χ3n) is 4.53. The molecule has 1 aliphatic rings. The van der Waals surface area contributed by atoms with Crippen LogP contribution in [0.15, 0.2) is 42.7 Å². The highest BCUT2D eigenvalue weighted by atomic mass is 32.2. The van der Waals surface area contributed by atoms with Crippen LogP contribution in [0.5, 0.6) is 0 Å². The SMILES string of the molecule is CN(C)c1ncccc1-c1nc(-c2ccccn2)nn1C1CCS(=O)(=O)C1. The van der Waals surface area contributed by atoms with Crippen molar-refractivity contribution in [1.82, 2.24) is 24.7 Å². The molecule has 0 N–H and O–H groups in total. The molecule has 9 heteroatoms. The summed E-state index contributed by atoms with van der Waals surface area (Å²) < 4.78 is 25.8. The molecule has 1 aliphatic heterocycles. The maximum atomic E-state index is 12.0. The van der Waals surface area contributed by atoms with Crippen LogP contribution in [0.4, 0.5) is 5.82 Å². The fourth-order valence-electron chi connectivity index (χ4n) is 3.26. The van der Waals surface area contributed by atoms with Gasteiger partial charge in [0.05, 0.1) is 23.1 Å². The molecule has 0 bridgehead atoms. The number of aromatic nitrogens is 5. The van der Waals surface area contributed by atoms with Gasteiger partial charge in [-0.3, -0.25) is 4.98 Å². The van der Waals surface area contributed by atoms with Crippen molar-refractivity contribution in [1.29, 1.82) is 0 Å². The third kappa shape index (κ3) is 3.42. The van der Waals surface area contributed by atoms with E-state index < -0.39 is 9.84 Å². The number of sulfone groups is 1. The first kappa shape index (κ1) is 17.6. The second kappa shape index (κ2) is 6.73. The summed E-state index contributed by atoms with van der Waals surface area (Å²) in [5.74, 6) is 2.07. The first-order valence-corrected chi connectivity index (χ1v) is 10.5. The number of rotatable bonds is 4. The van der Waals surface area contributed by atoms with Crippen LogP contribution in [0.2, 0.25) is 0 Å². The molecule has 1 saturated heterocycles. The lowest BCUT2D eigenvalue weighted by atomic mass is 10.2. The normalized spacial score (nSPS) is 18.5. The van der Waals surface area contributed by atoms with E-state index >= 15 is 0 Å². The zero-order valence-corrected chi connectivity index (χ0v) is 16.0. The van der Waals surface area contributed by atoms with E-state index in [1.807, 2.05) is 49.3 Å². The Hall–Kier alpha value is -2.81. The molecular formula is C18H20N6O2S. The van der Waals surface area contributed by atoms with Crippen molar-refractivity contribution in [2.24, 2.45) is 0 Å². The number of hydrogen-bond donors (Lipinski definition) is 0. The lowest BCUT2D eigenvalue weighted by molar-refractivity contribution is 0.505. The molecule has 4 heterocycles. The van der Waals surface area contributed by atoms with Gasteiger partial charge >= 0.3 is 0 Å². The smallest absolute Gasteiger partial charge is 0.200 e. The van der Waals surface area contributed by atoms with Crippen LogP contribution in [-0.4, -0.2) is 58.8 Å². The van der Waals surface area contributed by atoms with E-state index in [1.165, 1.54) is 0 Å². The van der Waals surface area contributed by atoms with Gasteiger partial charge in [0.25, 0.3) is 0 Å². The van der Waals surface area contributed by atoms with E-state index in [1.54, 1.807) is 17.1 Å². The summed E-state index contributed by atoms with van der Waals surface area (Å²) in [6, 6.07) is 9.06. The quantitative estimate of drug-likeness (QED) is 0.677. The van der Waals surface area contributed by atoms with Crippen LogP contribution in [0.3, 0.4) is 0 Å². The first-order chi connectivity index (χ1) is 12.9. The Kier molecular flexibility index (Phi) is 4.39. The predicted octanol–water partition coefficient (Wildman–Crippen LogP) is 1.83. The Morgan fingerprint density at radius 3 is 2.59 bits per heavy atom. The molecule has 27 heavy (non-hydrogen) atoms. The van der Waals surface area contributed by atoms with E-state index in [0.29, 0.717) is 23.8 Å². The van der Waals surface area contributed by atoms with E-state index in [0.717, 1.165) is 11.4 Å². The van der Waals surface area contributed by atoms with Crippen LogP contribution in [0, 0.1) is 0 Å². The zero-order valence-electron chi connectivity index (χ0n) is 15.1. The fraction of sp³-hybridized carbons (Fsp3) is 0.333. The van der Waals surface area contributed by atoms with Crippen LogP contribution in [0.25, 0.3) is 22.9 Å². The highest BCUT2D eigenvalue weighted by Gasteiger charge is 2.33. The van der Waals surface area contributed by atoms with Gasteiger partial charge in [-0.1, -0.05) is 6.07 Å². The molecule has 3 aromatic rings. The molecular weight excluding hydrogens is 364 g/mol. The first-order valence-electron chi connectivity index (χ1n) is 8.66. The Morgan fingerprint density at radius 2 is 1.93 bits per heavy atom. The average Bonchev–Trinajstić information content (AvgIpc) is 3.25. The van der Waals surface area contributed by atoms with Crippen LogP contribution >= 0.6 is 0 Å². The molecule has 3 aromatic heterocycles. The van der Waals surface area contributed by atoms with Gasteiger partial charge in [0.1, 0.15) is 11.5 Å². The van der Waals surface area contributed by atoms with Crippen molar-refractivity contribution in [3.63, 3.8) is 0 Å². The number of pyridine rings is 2. The Labute approximate surface area is 157 Å². The molecule has 8 nitrogen and oxygen atoms in total. The maximum Gasteiger partial charge on any atom is 0.200 e. The van der Waals surface area contributed by atoms with Crippen LogP contribution < -0.4 is 4.90 Å². The fourth-order valence-corrected chi connectivity index (χ4v) is 4.95. The Bertz CT molecular complexity index is 1060. The molecule has 0 aliphatic carbocycles. The van der Waals surface area contributed by atoms with E-state index in [2.05, 4.69) is 15.1 Å². The summed E-state index contributed by atoms with van der Waals surface area (Å²) in [6.07, 6.45) is 3.93. The van der Waals surface area contributed by atoms with E-state index in [-0.39, 0.29) is 17.5 Å². The second-order valence-corrected chi connectivity index (χ2v) is 8.97. The third-order valence-corrected chi connectivity index (χ3v) is 6.28. The van der Waals surface area contributed by atoms with Gasteiger partial charge in [0.2, 0.25) is 0 Å². The van der Waals surface area contributed by atoms with Crippen molar-refractivity contribution < 1.29 is 8.42 Å². The van der Waals surface area contributed by atoms with Gasteiger partial charge in [0.15, 0.2) is 21.5 Å². The molecule has 1 unspecified atom stereocenters. The summed E-state index contributed by atoms with van der Waals surface area (Å²) in [5.41, 5.74) is 1.45. The molecule has 140 valence electrons. The monoisotopic (exact) mass is 384 g/mol. The van der Waals surface area contributed by atoms with Crippen molar-refractivity contribution in [3.05, 3.63) is 42.7 Å². The van der Waals surface area contributed by atoms with Crippen molar-refractivity contribution in [3.8, 4) is 22.9 Å². The molecule has 0 amide bonds. The molecule has 0 radical (unpaired) electrons. The summed E-state index contributed by atoms with van der Waals surface area (Å²) >= 11 is 0. The van der Waals surface area contributed by atoms with Crippen molar-refractivity contribution in [2.45, 2.75) is 12.5 Å². The zero-order chi connectivity index (χ0) is 19.0. The summed E-state index contributed by atoms with van der Waals surface area (Å²) in [4.78, 5) is 15.4. The van der Waals surface area contributed by atoms with Gasteiger partial charge in [-0.05, 0) is 30.7 Å². The minimum atomic E-state index is -3.05.